The highest BCUT2D eigenvalue weighted by Crippen LogP contribution is 1.93. The highest BCUT2D eigenvalue weighted by Gasteiger charge is 1.93. The van der Waals surface area contributed by atoms with Gasteiger partial charge in [0.05, 0.1) is 0 Å². The van der Waals surface area contributed by atoms with Crippen LogP contribution in [0.25, 0.3) is 0 Å². The predicted octanol–water partition coefficient (Wildman–Crippen LogP) is 2.22. The summed E-state index contributed by atoms with van der Waals surface area (Å²) in [7, 11) is 3.87. The molecule has 0 atom stereocenters. The van der Waals surface area contributed by atoms with E-state index < -0.39 is 0 Å². The summed E-state index contributed by atoms with van der Waals surface area (Å²) >= 11 is 0. The zero-order valence-electron chi connectivity index (χ0n) is 8.04. The van der Waals surface area contributed by atoms with Crippen LogP contribution in [0.4, 0.5) is 0 Å². The van der Waals surface area contributed by atoms with Gasteiger partial charge in [-0.3, -0.25) is 0 Å². The minimum absolute atomic E-state index is 0.869. The summed E-state index contributed by atoms with van der Waals surface area (Å²) in [6, 6.07) is 0. The number of rotatable bonds is 3. The third-order valence-corrected chi connectivity index (χ3v) is 1.20. The van der Waals surface area contributed by atoms with Gasteiger partial charge < -0.3 is 4.90 Å². The first kappa shape index (κ1) is 10.7. The lowest BCUT2D eigenvalue weighted by molar-refractivity contribution is 0.626. The van der Waals surface area contributed by atoms with Gasteiger partial charge in [0.1, 0.15) is 5.84 Å². The van der Waals surface area contributed by atoms with Gasteiger partial charge >= 0.3 is 0 Å². The molecule has 0 unspecified atom stereocenters. The standard InChI is InChI=1S/C10H16N2/c1-6-11-10(12(4)5)8-7-9(2)3/h6-8H,1-2H2,3-5H3/b8-7-,11-10?. The van der Waals surface area contributed by atoms with Gasteiger partial charge in [0.2, 0.25) is 0 Å². The second-order valence-corrected chi connectivity index (χ2v) is 2.74. The first-order valence-electron chi connectivity index (χ1n) is 3.77. The van der Waals surface area contributed by atoms with Gasteiger partial charge in [-0.05, 0) is 13.0 Å². The Bertz CT molecular complexity index is 222. The first-order valence-corrected chi connectivity index (χ1v) is 3.77. The van der Waals surface area contributed by atoms with Gasteiger partial charge in [0.15, 0.2) is 0 Å². The number of hydrogen-bond donors (Lipinski definition) is 0. The van der Waals surface area contributed by atoms with Crippen molar-refractivity contribution in [1.82, 2.24) is 4.90 Å². The summed E-state index contributed by atoms with van der Waals surface area (Å²) < 4.78 is 0. The van der Waals surface area contributed by atoms with E-state index in [0.717, 1.165) is 11.4 Å². The van der Waals surface area contributed by atoms with E-state index in [1.807, 2.05) is 38.1 Å². The predicted molar refractivity (Wildman–Crippen MR) is 55.3 cm³/mol. The first-order chi connectivity index (χ1) is 5.57. The molecule has 0 bridgehead atoms. The Morgan fingerprint density at radius 1 is 1.33 bits per heavy atom. The van der Waals surface area contributed by atoms with Crippen LogP contribution >= 0.6 is 0 Å². The molecule has 0 aromatic heterocycles. The maximum absolute atomic E-state index is 4.07. The van der Waals surface area contributed by atoms with Gasteiger partial charge in [-0.2, -0.15) is 0 Å². The topological polar surface area (TPSA) is 15.6 Å². The maximum Gasteiger partial charge on any atom is 0.127 e. The van der Waals surface area contributed by atoms with Crippen LogP contribution in [0, 0.1) is 0 Å². The Kier molecular flexibility index (Phi) is 4.77. The molecule has 12 heavy (non-hydrogen) atoms. The molecule has 0 amide bonds. The minimum atomic E-state index is 0.869. The second kappa shape index (κ2) is 5.35. The molecule has 0 radical (unpaired) electrons. The molecule has 0 aliphatic heterocycles. The van der Waals surface area contributed by atoms with Crippen molar-refractivity contribution in [2.75, 3.05) is 14.1 Å². The van der Waals surface area contributed by atoms with Crippen molar-refractivity contribution in [3.63, 3.8) is 0 Å². The molecule has 2 heteroatoms. The molecule has 0 heterocycles. The van der Waals surface area contributed by atoms with Crippen LogP contribution in [-0.4, -0.2) is 24.8 Å². The third kappa shape index (κ3) is 4.50. The van der Waals surface area contributed by atoms with Gasteiger partial charge in [-0.15, -0.1) is 0 Å². The molecule has 66 valence electrons. The van der Waals surface area contributed by atoms with Gasteiger partial charge in [0.25, 0.3) is 0 Å². The summed E-state index contributed by atoms with van der Waals surface area (Å²) in [6.07, 6.45) is 5.35. The van der Waals surface area contributed by atoms with Crippen molar-refractivity contribution in [2.24, 2.45) is 4.99 Å². The maximum atomic E-state index is 4.07. The SMILES string of the molecule is C=CN=C(/C=C\C(=C)C)N(C)C. The van der Waals surface area contributed by atoms with E-state index in [-0.39, 0.29) is 0 Å². The molecule has 0 saturated heterocycles. The molecule has 0 rings (SSSR count). The molecule has 0 aliphatic rings. The smallest absolute Gasteiger partial charge is 0.127 e. The minimum Gasteiger partial charge on any atom is -0.363 e. The van der Waals surface area contributed by atoms with Crippen LogP contribution in [0.15, 0.2) is 42.1 Å². The summed E-state index contributed by atoms with van der Waals surface area (Å²) in [5.74, 6) is 0.869. The zero-order valence-corrected chi connectivity index (χ0v) is 8.04. The summed E-state index contributed by atoms with van der Waals surface area (Å²) in [4.78, 5) is 5.99. The number of allylic oxidation sites excluding steroid dienone is 2. The average molecular weight is 164 g/mol. The van der Waals surface area contributed by atoms with E-state index in [9.17, 15) is 0 Å². The fourth-order valence-electron chi connectivity index (χ4n) is 0.618. The molecule has 0 aliphatic carbocycles. The number of amidine groups is 1. The summed E-state index contributed by atoms with van der Waals surface area (Å²) in [6.45, 7) is 9.24. The van der Waals surface area contributed by atoms with Gasteiger partial charge in [0, 0.05) is 20.3 Å². The molecule has 2 nitrogen and oxygen atoms in total. The van der Waals surface area contributed by atoms with E-state index in [0.29, 0.717) is 0 Å². The van der Waals surface area contributed by atoms with Crippen molar-refractivity contribution in [2.45, 2.75) is 6.92 Å². The molecule has 0 N–H and O–H groups in total. The third-order valence-electron chi connectivity index (χ3n) is 1.20. The second-order valence-electron chi connectivity index (χ2n) is 2.74. The van der Waals surface area contributed by atoms with Crippen LogP contribution in [0.3, 0.4) is 0 Å². The Hall–Kier alpha value is -1.31. The lowest BCUT2D eigenvalue weighted by Gasteiger charge is -2.10. The molecule has 0 saturated carbocycles. The lowest BCUT2D eigenvalue weighted by Crippen LogP contribution is -2.19. The van der Waals surface area contributed by atoms with E-state index in [2.05, 4.69) is 18.2 Å². The molecule has 0 aromatic rings. The Balaban J connectivity index is 4.44. The van der Waals surface area contributed by atoms with Crippen molar-refractivity contribution < 1.29 is 0 Å². The fourth-order valence-corrected chi connectivity index (χ4v) is 0.618. The van der Waals surface area contributed by atoms with Crippen LogP contribution < -0.4 is 0 Å². The molecular weight excluding hydrogens is 148 g/mol. The Morgan fingerprint density at radius 3 is 2.25 bits per heavy atom. The highest BCUT2D eigenvalue weighted by molar-refractivity contribution is 5.93. The Morgan fingerprint density at radius 2 is 1.92 bits per heavy atom. The molecule has 0 aromatic carbocycles. The van der Waals surface area contributed by atoms with Gasteiger partial charge in [-0.1, -0.05) is 24.8 Å². The van der Waals surface area contributed by atoms with E-state index in [1.165, 1.54) is 6.20 Å². The Labute approximate surface area is 74.6 Å². The summed E-state index contributed by atoms with van der Waals surface area (Å²) in [5.41, 5.74) is 1.01. The monoisotopic (exact) mass is 164 g/mol. The average Bonchev–Trinajstić information content (AvgIpc) is 1.96. The van der Waals surface area contributed by atoms with Crippen LogP contribution in [-0.2, 0) is 0 Å². The van der Waals surface area contributed by atoms with Crippen molar-refractivity contribution >= 4 is 5.84 Å². The molecular formula is C10H16N2. The van der Waals surface area contributed by atoms with Crippen LogP contribution in [0.5, 0.6) is 0 Å². The largest absolute Gasteiger partial charge is 0.363 e. The molecule has 0 fully saturated rings. The van der Waals surface area contributed by atoms with E-state index in [4.69, 9.17) is 0 Å². The van der Waals surface area contributed by atoms with Crippen molar-refractivity contribution in [3.05, 3.63) is 37.1 Å². The number of hydrogen-bond acceptors (Lipinski definition) is 1. The van der Waals surface area contributed by atoms with E-state index in [1.54, 1.807) is 0 Å². The van der Waals surface area contributed by atoms with Gasteiger partial charge in [-0.25, -0.2) is 4.99 Å². The van der Waals surface area contributed by atoms with E-state index >= 15 is 0 Å². The molecule has 0 spiro atoms. The van der Waals surface area contributed by atoms with Crippen LogP contribution in [0.2, 0.25) is 0 Å². The highest BCUT2D eigenvalue weighted by atomic mass is 15.1. The quantitative estimate of drug-likeness (QED) is 0.355. The van der Waals surface area contributed by atoms with Crippen molar-refractivity contribution in [3.8, 4) is 0 Å². The van der Waals surface area contributed by atoms with Crippen molar-refractivity contribution in [1.29, 1.82) is 0 Å². The fraction of sp³-hybridized carbons (Fsp3) is 0.300. The van der Waals surface area contributed by atoms with Crippen LogP contribution in [0.1, 0.15) is 6.92 Å². The number of likely N-dealkylation sites (N-methyl/N-ethyl adjacent to an activating group) is 1. The number of aliphatic imine (C=N–C) groups is 1. The zero-order chi connectivity index (χ0) is 9.56. The lowest BCUT2D eigenvalue weighted by atomic mass is 10.3. The number of nitrogens with zero attached hydrogens (tertiary/aromatic N) is 2. The summed E-state index contributed by atoms with van der Waals surface area (Å²) in [5, 5.41) is 0. The normalized spacial score (nSPS) is 11.8.